The van der Waals surface area contributed by atoms with Crippen LogP contribution in [0.3, 0.4) is 0 Å². The number of halogens is 1. The predicted octanol–water partition coefficient (Wildman–Crippen LogP) is 4.05. The van der Waals surface area contributed by atoms with Crippen LogP contribution in [-0.4, -0.2) is 63.9 Å². The highest BCUT2D eigenvalue weighted by Gasteiger charge is 2.22. The number of thiazole rings is 1. The van der Waals surface area contributed by atoms with Crippen molar-refractivity contribution in [2.45, 2.75) is 9.79 Å². The molecule has 0 spiro atoms. The fourth-order valence-corrected chi connectivity index (χ4v) is 5.05. The van der Waals surface area contributed by atoms with E-state index in [0.29, 0.717) is 23.8 Å². The largest absolute Gasteiger partial charge is 0.308 e. The molecule has 3 aromatic rings. The molecule has 0 unspecified atom stereocenters. The number of fused-ring (bicyclic) bond motifs is 1. The van der Waals surface area contributed by atoms with E-state index >= 15 is 0 Å². The summed E-state index contributed by atoms with van der Waals surface area (Å²) < 4.78 is 24.4. The van der Waals surface area contributed by atoms with Crippen LogP contribution in [0, 0.1) is 0 Å². The van der Waals surface area contributed by atoms with Crippen molar-refractivity contribution >= 4 is 66.6 Å². The van der Waals surface area contributed by atoms with Crippen molar-refractivity contribution in [2.24, 2.45) is 0 Å². The number of amides is 1. The molecule has 0 radical (unpaired) electrons. The molecule has 1 amide bonds. The number of hydrogen-bond acceptors (Lipinski definition) is 7. The number of rotatable bonds is 7. The van der Waals surface area contributed by atoms with E-state index in [1.165, 1.54) is 23.5 Å². The second kappa shape index (κ2) is 10.1. The maximum absolute atomic E-state index is 13.3. The lowest BCUT2D eigenvalue weighted by molar-refractivity contribution is 0.0985. The van der Waals surface area contributed by atoms with E-state index in [0.717, 1.165) is 21.4 Å². The molecule has 0 N–H and O–H groups in total. The van der Waals surface area contributed by atoms with E-state index < -0.39 is 9.84 Å². The van der Waals surface area contributed by atoms with Crippen LogP contribution in [0.2, 0.25) is 0 Å². The number of carbonyl (C=O) groups excluding carboxylic acids is 1. The molecule has 10 heteroatoms. The highest BCUT2D eigenvalue weighted by Crippen LogP contribution is 2.34. The van der Waals surface area contributed by atoms with E-state index in [4.69, 9.17) is 4.98 Å². The Balaban J connectivity index is 0.00000320. The van der Waals surface area contributed by atoms with Crippen LogP contribution in [0.25, 0.3) is 10.2 Å². The molecule has 0 aliphatic carbocycles. The fraction of sp³-hybridized carbons (Fsp3) is 0.300. The van der Waals surface area contributed by atoms with Gasteiger partial charge in [0.05, 0.1) is 15.1 Å². The maximum atomic E-state index is 13.3. The van der Waals surface area contributed by atoms with Crippen molar-refractivity contribution in [2.75, 3.05) is 44.6 Å². The number of para-hydroxylation sites is 1. The zero-order valence-electron chi connectivity index (χ0n) is 17.2. The number of likely N-dealkylation sites (N-methyl/N-ethyl adjacent to an activating group) is 1. The van der Waals surface area contributed by atoms with Crippen LogP contribution in [0.1, 0.15) is 10.4 Å². The lowest BCUT2D eigenvalue weighted by atomic mass is 10.2. The molecule has 0 aliphatic heterocycles. The Morgan fingerprint density at radius 2 is 1.77 bits per heavy atom. The van der Waals surface area contributed by atoms with Crippen LogP contribution in [0.5, 0.6) is 0 Å². The normalized spacial score (nSPS) is 11.5. The number of anilines is 1. The second-order valence-electron chi connectivity index (χ2n) is 6.86. The Morgan fingerprint density at radius 1 is 1.10 bits per heavy atom. The Labute approximate surface area is 191 Å². The van der Waals surface area contributed by atoms with Gasteiger partial charge < -0.3 is 4.90 Å². The van der Waals surface area contributed by atoms with E-state index in [-0.39, 0.29) is 23.2 Å². The van der Waals surface area contributed by atoms with Crippen LogP contribution in [0.4, 0.5) is 5.13 Å². The molecule has 3 rings (SSSR count). The Bertz CT molecular complexity index is 1130. The summed E-state index contributed by atoms with van der Waals surface area (Å²) in [6.45, 7) is 1.16. The van der Waals surface area contributed by atoms with Crippen molar-refractivity contribution < 1.29 is 13.2 Å². The standard InChI is InChI=1S/C20H23N3O3S3.ClH/c1-22(2)12-13-23(19(24)14-8-10-15(11-9-14)29(4,25)26)20-21-18-16(27-3)6-5-7-17(18)28-20;/h5-11H,12-13H2,1-4H3;1H. The van der Waals surface area contributed by atoms with Crippen molar-refractivity contribution in [1.82, 2.24) is 9.88 Å². The van der Waals surface area contributed by atoms with Crippen LogP contribution >= 0.6 is 35.5 Å². The van der Waals surface area contributed by atoms with Crippen LogP contribution < -0.4 is 4.90 Å². The van der Waals surface area contributed by atoms with Crippen LogP contribution in [0.15, 0.2) is 52.3 Å². The highest BCUT2D eigenvalue weighted by atomic mass is 35.5. The summed E-state index contributed by atoms with van der Waals surface area (Å²) in [5.74, 6) is -0.198. The molecule has 0 aliphatic rings. The average molecular weight is 486 g/mol. The molecular formula is C20H24ClN3O3S3. The third-order valence-corrected chi connectivity index (χ3v) is 7.31. The summed E-state index contributed by atoms with van der Waals surface area (Å²) in [5.41, 5.74) is 1.33. The van der Waals surface area contributed by atoms with Gasteiger partial charge in [-0.3, -0.25) is 9.69 Å². The van der Waals surface area contributed by atoms with Gasteiger partial charge in [-0.15, -0.1) is 24.2 Å². The first-order valence-corrected chi connectivity index (χ1v) is 12.8. The van der Waals surface area contributed by atoms with Crippen molar-refractivity contribution in [1.29, 1.82) is 0 Å². The molecule has 1 heterocycles. The summed E-state index contributed by atoms with van der Waals surface area (Å²) in [5, 5.41) is 0.639. The minimum atomic E-state index is -3.31. The molecule has 0 atom stereocenters. The topological polar surface area (TPSA) is 70.6 Å². The molecule has 30 heavy (non-hydrogen) atoms. The molecule has 162 valence electrons. The van der Waals surface area contributed by atoms with Gasteiger partial charge in [0.2, 0.25) is 0 Å². The summed E-state index contributed by atoms with van der Waals surface area (Å²) in [4.78, 5) is 23.0. The van der Waals surface area contributed by atoms with Gasteiger partial charge >= 0.3 is 0 Å². The van der Waals surface area contributed by atoms with E-state index in [1.807, 2.05) is 43.5 Å². The minimum Gasteiger partial charge on any atom is -0.308 e. The number of carbonyl (C=O) groups is 1. The molecular weight excluding hydrogens is 462 g/mol. The number of sulfone groups is 1. The van der Waals surface area contributed by atoms with Gasteiger partial charge in [-0.05, 0) is 56.7 Å². The lowest BCUT2D eigenvalue weighted by Crippen LogP contribution is -2.36. The SMILES string of the molecule is CSc1cccc2sc(N(CCN(C)C)C(=O)c3ccc(S(C)(=O)=O)cc3)nc12.Cl. The summed E-state index contributed by atoms with van der Waals surface area (Å²) in [6, 6.07) is 12.1. The summed E-state index contributed by atoms with van der Waals surface area (Å²) in [6.07, 6.45) is 3.16. The van der Waals surface area contributed by atoms with Gasteiger partial charge in [-0.2, -0.15) is 0 Å². The van der Waals surface area contributed by atoms with Gasteiger partial charge in [-0.25, -0.2) is 13.4 Å². The van der Waals surface area contributed by atoms with Gasteiger partial charge in [0.25, 0.3) is 5.91 Å². The molecule has 0 bridgehead atoms. The average Bonchev–Trinajstić information content (AvgIpc) is 3.11. The zero-order chi connectivity index (χ0) is 21.2. The van der Waals surface area contributed by atoms with E-state index in [1.54, 1.807) is 28.8 Å². The minimum absolute atomic E-state index is 0. The predicted molar refractivity (Wildman–Crippen MR) is 128 cm³/mol. The number of nitrogens with zero attached hydrogens (tertiary/aromatic N) is 3. The maximum Gasteiger partial charge on any atom is 0.260 e. The highest BCUT2D eigenvalue weighted by molar-refractivity contribution is 7.98. The Morgan fingerprint density at radius 3 is 2.33 bits per heavy atom. The number of aromatic nitrogens is 1. The zero-order valence-corrected chi connectivity index (χ0v) is 20.4. The number of thioether (sulfide) groups is 1. The van der Waals surface area contributed by atoms with E-state index in [2.05, 4.69) is 0 Å². The second-order valence-corrected chi connectivity index (χ2v) is 10.7. The smallest absolute Gasteiger partial charge is 0.260 e. The first-order chi connectivity index (χ1) is 13.7. The first-order valence-electron chi connectivity index (χ1n) is 8.91. The quantitative estimate of drug-likeness (QED) is 0.470. The molecule has 0 saturated heterocycles. The van der Waals surface area contributed by atoms with Crippen molar-refractivity contribution in [3.8, 4) is 0 Å². The van der Waals surface area contributed by atoms with Gasteiger partial charge in [-0.1, -0.05) is 17.4 Å². The van der Waals surface area contributed by atoms with Crippen molar-refractivity contribution in [3.05, 3.63) is 48.0 Å². The monoisotopic (exact) mass is 485 g/mol. The van der Waals surface area contributed by atoms with Gasteiger partial charge in [0.15, 0.2) is 15.0 Å². The van der Waals surface area contributed by atoms with Gasteiger partial charge in [0, 0.05) is 29.8 Å². The van der Waals surface area contributed by atoms with Crippen LogP contribution in [-0.2, 0) is 9.84 Å². The molecule has 2 aromatic carbocycles. The fourth-order valence-electron chi connectivity index (χ4n) is 2.78. The summed E-state index contributed by atoms with van der Waals surface area (Å²) >= 11 is 3.11. The Hall–Kier alpha value is -1.65. The number of hydrogen-bond donors (Lipinski definition) is 0. The molecule has 1 aromatic heterocycles. The lowest BCUT2D eigenvalue weighted by Gasteiger charge is -2.22. The number of benzene rings is 2. The van der Waals surface area contributed by atoms with E-state index in [9.17, 15) is 13.2 Å². The van der Waals surface area contributed by atoms with Gasteiger partial charge in [0.1, 0.15) is 0 Å². The third-order valence-electron chi connectivity index (χ3n) is 4.37. The molecule has 0 fully saturated rings. The molecule has 0 saturated carbocycles. The Kier molecular flexibility index (Phi) is 8.29. The summed E-state index contributed by atoms with van der Waals surface area (Å²) in [7, 11) is 0.596. The molecule has 6 nitrogen and oxygen atoms in total. The first kappa shape index (κ1) is 24.6. The third kappa shape index (κ3) is 5.53. The van der Waals surface area contributed by atoms with Crippen molar-refractivity contribution in [3.63, 3.8) is 0 Å².